The first-order chi connectivity index (χ1) is 12.9. The van der Waals surface area contributed by atoms with Crippen LogP contribution >= 0.6 is 0 Å². The Kier molecular flexibility index (Phi) is 5.24. The van der Waals surface area contributed by atoms with Crippen LogP contribution in [0.25, 0.3) is 0 Å². The van der Waals surface area contributed by atoms with Crippen LogP contribution in [0.3, 0.4) is 0 Å². The Balaban J connectivity index is 1.69. The number of piperazine rings is 1. The summed E-state index contributed by atoms with van der Waals surface area (Å²) in [5.41, 5.74) is -1.37. The molecule has 0 aliphatic carbocycles. The summed E-state index contributed by atoms with van der Waals surface area (Å²) in [6.07, 6.45) is -1.19. The molecule has 0 saturated carbocycles. The number of carbonyl (C=O) groups excluding carboxylic acids is 2. The fraction of sp³-hybridized carbons (Fsp3) is 0.294. The number of hydrogen-bond donors (Lipinski definition) is 1. The molecule has 1 aliphatic heterocycles. The fourth-order valence-corrected chi connectivity index (χ4v) is 2.68. The summed E-state index contributed by atoms with van der Waals surface area (Å²) in [6.45, 7) is 2.28. The van der Waals surface area contributed by atoms with Crippen molar-refractivity contribution in [2.24, 2.45) is 0 Å². The normalized spacial score (nSPS) is 14.8. The van der Waals surface area contributed by atoms with E-state index in [1.165, 1.54) is 30.6 Å². The smallest absolute Gasteiger partial charge is 0.352 e. The molecular formula is C17H16F3N5O2. The molecule has 142 valence electrons. The molecule has 2 heterocycles. The summed E-state index contributed by atoms with van der Waals surface area (Å²) >= 11 is 0. The summed E-state index contributed by atoms with van der Waals surface area (Å²) < 4.78 is 39.0. The minimum absolute atomic E-state index is 0.0951. The van der Waals surface area contributed by atoms with Crippen LogP contribution in [-0.2, 0) is 11.0 Å². The summed E-state index contributed by atoms with van der Waals surface area (Å²) in [7, 11) is 0. The fourth-order valence-electron chi connectivity index (χ4n) is 2.68. The summed E-state index contributed by atoms with van der Waals surface area (Å²) in [6, 6.07) is 4.72. The van der Waals surface area contributed by atoms with Crippen molar-refractivity contribution in [3.63, 3.8) is 0 Å². The first kappa shape index (κ1) is 18.6. The Morgan fingerprint density at radius 2 is 1.78 bits per heavy atom. The molecule has 0 bridgehead atoms. The first-order valence-electron chi connectivity index (χ1n) is 8.12. The molecule has 2 aromatic rings. The first-order valence-corrected chi connectivity index (χ1v) is 8.12. The minimum Gasteiger partial charge on any atom is -0.352 e. The molecule has 2 amide bonds. The SMILES string of the molecule is O=CN1CCN(c2cnc(C(=O)Nc3ccccc3C(F)(F)F)cn2)CC1. The summed E-state index contributed by atoms with van der Waals surface area (Å²) in [4.78, 5) is 34.7. The number of halogens is 3. The van der Waals surface area contributed by atoms with Gasteiger partial charge in [0.2, 0.25) is 6.41 Å². The number of nitrogens with one attached hydrogen (secondary N) is 1. The maximum absolute atomic E-state index is 13.0. The standard InChI is InChI=1S/C17H16F3N5O2/c18-17(19,20)12-3-1-2-4-13(12)23-16(27)14-9-22-15(10-21-14)25-7-5-24(11-26)6-8-25/h1-4,9-11H,5-8H2,(H,23,27). The molecule has 0 atom stereocenters. The maximum Gasteiger partial charge on any atom is 0.418 e. The third kappa shape index (κ3) is 4.33. The van der Waals surface area contributed by atoms with Gasteiger partial charge in [-0.1, -0.05) is 12.1 Å². The van der Waals surface area contributed by atoms with Gasteiger partial charge < -0.3 is 15.1 Å². The van der Waals surface area contributed by atoms with E-state index in [-0.39, 0.29) is 11.4 Å². The molecule has 1 aliphatic rings. The van der Waals surface area contributed by atoms with Crippen LogP contribution < -0.4 is 10.2 Å². The number of para-hydroxylation sites is 1. The lowest BCUT2D eigenvalue weighted by Crippen LogP contribution is -2.46. The molecule has 0 radical (unpaired) electrons. The van der Waals surface area contributed by atoms with Gasteiger partial charge >= 0.3 is 6.18 Å². The van der Waals surface area contributed by atoms with E-state index in [0.29, 0.717) is 32.0 Å². The number of anilines is 2. The number of aromatic nitrogens is 2. The predicted octanol–water partition coefficient (Wildman–Crippen LogP) is 2.03. The molecule has 3 rings (SSSR count). The highest BCUT2D eigenvalue weighted by Crippen LogP contribution is 2.34. The Labute approximate surface area is 152 Å². The van der Waals surface area contributed by atoms with Crippen LogP contribution in [0.15, 0.2) is 36.7 Å². The van der Waals surface area contributed by atoms with Gasteiger partial charge in [-0.2, -0.15) is 13.2 Å². The summed E-state index contributed by atoms with van der Waals surface area (Å²) in [5.74, 6) is -0.246. The zero-order chi connectivity index (χ0) is 19.4. The van der Waals surface area contributed by atoms with Gasteiger partial charge in [0.05, 0.1) is 23.6 Å². The average molecular weight is 379 g/mol. The van der Waals surface area contributed by atoms with E-state index < -0.39 is 17.6 Å². The monoisotopic (exact) mass is 379 g/mol. The van der Waals surface area contributed by atoms with Crippen LogP contribution in [0.5, 0.6) is 0 Å². The van der Waals surface area contributed by atoms with Crippen molar-refractivity contribution in [3.05, 3.63) is 47.9 Å². The van der Waals surface area contributed by atoms with E-state index in [1.807, 2.05) is 4.90 Å². The lowest BCUT2D eigenvalue weighted by atomic mass is 10.1. The highest BCUT2D eigenvalue weighted by molar-refractivity contribution is 6.03. The zero-order valence-corrected chi connectivity index (χ0v) is 14.1. The second-order valence-electron chi connectivity index (χ2n) is 5.89. The van der Waals surface area contributed by atoms with E-state index in [1.54, 1.807) is 4.90 Å². The van der Waals surface area contributed by atoms with E-state index in [4.69, 9.17) is 0 Å². The van der Waals surface area contributed by atoms with Gasteiger partial charge in [-0.05, 0) is 12.1 Å². The highest BCUT2D eigenvalue weighted by Gasteiger charge is 2.33. The van der Waals surface area contributed by atoms with Crippen molar-refractivity contribution in [2.45, 2.75) is 6.18 Å². The van der Waals surface area contributed by atoms with E-state index in [9.17, 15) is 22.8 Å². The number of amides is 2. The highest BCUT2D eigenvalue weighted by atomic mass is 19.4. The van der Waals surface area contributed by atoms with Crippen LogP contribution in [0, 0.1) is 0 Å². The minimum atomic E-state index is -4.58. The number of carbonyl (C=O) groups is 2. The van der Waals surface area contributed by atoms with Gasteiger partial charge in [0.25, 0.3) is 5.91 Å². The van der Waals surface area contributed by atoms with Gasteiger partial charge in [0.1, 0.15) is 11.5 Å². The van der Waals surface area contributed by atoms with Crippen molar-refractivity contribution in [2.75, 3.05) is 36.4 Å². The average Bonchev–Trinajstić information content (AvgIpc) is 2.68. The summed E-state index contributed by atoms with van der Waals surface area (Å²) in [5, 5.41) is 2.23. The number of hydrogen-bond acceptors (Lipinski definition) is 5. The Morgan fingerprint density at radius 1 is 1.07 bits per heavy atom. The largest absolute Gasteiger partial charge is 0.418 e. The molecule has 7 nitrogen and oxygen atoms in total. The maximum atomic E-state index is 13.0. The third-order valence-corrected chi connectivity index (χ3v) is 4.14. The Hall–Kier alpha value is -3.17. The van der Waals surface area contributed by atoms with Gasteiger partial charge in [0.15, 0.2) is 0 Å². The van der Waals surface area contributed by atoms with Crippen molar-refractivity contribution >= 4 is 23.8 Å². The molecule has 1 N–H and O–H groups in total. The number of nitrogens with zero attached hydrogens (tertiary/aromatic N) is 4. The second-order valence-corrected chi connectivity index (χ2v) is 5.89. The molecule has 1 saturated heterocycles. The lowest BCUT2D eigenvalue weighted by Gasteiger charge is -2.33. The Bertz CT molecular complexity index is 818. The number of rotatable bonds is 4. The van der Waals surface area contributed by atoms with Gasteiger partial charge in [-0.25, -0.2) is 9.97 Å². The molecule has 0 unspecified atom stereocenters. The second kappa shape index (κ2) is 7.60. The van der Waals surface area contributed by atoms with Gasteiger partial charge in [0, 0.05) is 26.2 Å². The topological polar surface area (TPSA) is 78.4 Å². The molecule has 10 heteroatoms. The van der Waals surface area contributed by atoms with Crippen LogP contribution in [0.1, 0.15) is 16.1 Å². The quantitative estimate of drug-likeness (QED) is 0.823. The van der Waals surface area contributed by atoms with Crippen molar-refractivity contribution < 1.29 is 22.8 Å². The molecule has 1 aromatic heterocycles. The predicted molar refractivity (Wildman–Crippen MR) is 91.3 cm³/mol. The zero-order valence-electron chi connectivity index (χ0n) is 14.1. The molecule has 1 aromatic carbocycles. The molecule has 0 spiro atoms. The van der Waals surface area contributed by atoms with Gasteiger partial charge in [-0.15, -0.1) is 0 Å². The molecule has 27 heavy (non-hydrogen) atoms. The van der Waals surface area contributed by atoms with Gasteiger partial charge in [-0.3, -0.25) is 9.59 Å². The van der Waals surface area contributed by atoms with E-state index >= 15 is 0 Å². The number of alkyl halides is 3. The van der Waals surface area contributed by atoms with Crippen LogP contribution in [0.2, 0.25) is 0 Å². The third-order valence-electron chi connectivity index (χ3n) is 4.14. The Morgan fingerprint density at radius 3 is 2.37 bits per heavy atom. The van der Waals surface area contributed by atoms with E-state index in [0.717, 1.165) is 12.5 Å². The van der Waals surface area contributed by atoms with Crippen LogP contribution in [-0.4, -0.2) is 53.4 Å². The van der Waals surface area contributed by atoms with Crippen molar-refractivity contribution in [3.8, 4) is 0 Å². The lowest BCUT2D eigenvalue weighted by molar-refractivity contribution is -0.136. The molecular weight excluding hydrogens is 363 g/mol. The van der Waals surface area contributed by atoms with E-state index in [2.05, 4.69) is 15.3 Å². The number of benzene rings is 1. The molecule has 1 fully saturated rings. The van der Waals surface area contributed by atoms with Crippen molar-refractivity contribution in [1.82, 2.24) is 14.9 Å². The van der Waals surface area contributed by atoms with Crippen molar-refractivity contribution in [1.29, 1.82) is 0 Å². The van der Waals surface area contributed by atoms with Crippen LogP contribution in [0.4, 0.5) is 24.7 Å².